The quantitative estimate of drug-likeness (QED) is 0.387. The molecule has 146 valence electrons. The summed E-state index contributed by atoms with van der Waals surface area (Å²) < 4.78 is 5.48. The molecule has 0 saturated heterocycles. The Kier molecular flexibility index (Phi) is 21.7. The number of carboxylic acids is 1. The van der Waals surface area contributed by atoms with Crippen LogP contribution in [0.15, 0.2) is 0 Å². The van der Waals surface area contributed by atoms with Gasteiger partial charge in [-0.3, -0.25) is 4.79 Å². The van der Waals surface area contributed by atoms with Gasteiger partial charge in [0.25, 0.3) is 0 Å². The summed E-state index contributed by atoms with van der Waals surface area (Å²) in [5.74, 6) is -0.670. The van der Waals surface area contributed by atoms with Crippen molar-refractivity contribution in [3.05, 3.63) is 0 Å². The molecule has 0 aromatic rings. The largest absolute Gasteiger partial charge is 0.481 e. The normalized spacial score (nSPS) is 13.0. The van der Waals surface area contributed by atoms with E-state index in [0.717, 1.165) is 25.7 Å². The van der Waals surface area contributed by atoms with E-state index in [2.05, 4.69) is 13.8 Å². The summed E-state index contributed by atoms with van der Waals surface area (Å²) in [6, 6.07) is 0. The molecule has 0 bridgehead atoms. The van der Waals surface area contributed by atoms with Gasteiger partial charge in [0, 0.05) is 13.0 Å². The first-order valence-electron chi connectivity index (χ1n) is 9.65. The number of hydrogen-bond acceptors (Lipinski definition) is 4. The fourth-order valence-corrected chi connectivity index (χ4v) is 2.26. The minimum Gasteiger partial charge on any atom is -0.481 e. The number of ether oxygens (including phenoxy) is 1. The standard InChI is InChI=1S/C11H24O3.C8H16O2/c1-3-5-6-7-8-14-11(4-2)10(13)9-12;1-2-3-4-5-6-7-8(9)10/h10-13H,3-9H2,1-2H3;2-7H2,1H3,(H,9,10). The van der Waals surface area contributed by atoms with E-state index in [4.69, 9.17) is 14.9 Å². The molecule has 0 fully saturated rings. The van der Waals surface area contributed by atoms with E-state index in [-0.39, 0.29) is 12.7 Å². The van der Waals surface area contributed by atoms with Gasteiger partial charge in [0.05, 0.1) is 12.7 Å². The second kappa shape index (κ2) is 20.4. The molecule has 0 aliphatic rings. The van der Waals surface area contributed by atoms with Gasteiger partial charge in [-0.05, 0) is 19.3 Å². The highest BCUT2D eigenvalue weighted by Crippen LogP contribution is 2.07. The molecular weight excluding hydrogens is 308 g/mol. The molecule has 2 atom stereocenters. The number of carboxylic acid groups (broad SMARTS) is 1. The maximum atomic E-state index is 10.0. The maximum Gasteiger partial charge on any atom is 0.303 e. The van der Waals surface area contributed by atoms with Crippen LogP contribution < -0.4 is 0 Å². The Bertz CT molecular complexity index is 258. The van der Waals surface area contributed by atoms with E-state index in [1.807, 2.05) is 6.92 Å². The van der Waals surface area contributed by atoms with Crippen LogP contribution in [0.1, 0.15) is 91.4 Å². The number of rotatable bonds is 15. The SMILES string of the molecule is CCCCCCCC(=O)O.CCCCCCOC(CC)C(O)CO. The predicted molar refractivity (Wildman–Crippen MR) is 98.3 cm³/mol. The van der Waals surface area contributed by atoms with Crippen molar-refractivity contribution in [1.29, 1.82) is 0 Å². The third-order valence-corrected chi connectivity index (χ3v) is 3.84. The van der Waals surface area contributed by atoms with Crippen LogP contribution in [0.2, 0.25) is 0 Å². The van der Waals surface area contributed by atoms with Crippen molar-refractivity contribution in [2.24, 2.45) is 0 Å². The van der Waals surface area contributed by atoms with Gasteiger partial charge in [-0.2, -0.15) is 0 Å². The lowest BCUT2D eigenvalue weighted by atomic mass is 10.1. The summed E-state index contributed by atoms with van der Waals surface area (Å²) in [6.07, 6.45) is 10.4. The van der Waals surface area contributed by atoms with Crippen LogP contribution >= 0.6 is 0 Å². The van der Waals surface area contributed by atoms with Crippen molar-refractivity contribution in [2.75, 3.05) is 13.2 Å². The Labute approximate surface area is 148 Å². The molecule has 5 nitrogen and oxygen atoms in total. The maximum absolute atomic E-state index is 10.0. The number of carbonyl (C=O) groups is 1. The molecule has 24 heavy (non-hydrogen) atoms. The molecule has 0 aromatic heterocycles. The first-order chi connectivity index (χ1) is 11.5. The Morgan fingerprint density at radius 1 is 0.917 bits per heavy atom. The van der Waals surface area contributed by atoms with Crippen molar-refractivity contribution in [3.63, 3.8) is 0 Å². The lowest BCUT2D eigenvalue weighted by Crippen LogP contribution is -2.31. The number of aliphatic hydroxyl groups is 2. The van der Waals surface area contributed by atoms with Gasteiger partial charge in [-0.15, -0.1) is 0 Å². The van der Waals surface area contributed by atoms with E-state index in [0.29, 0.717) is 13.0 Å². The van der Waals surface area contributed by atoms with Crippen molar-refractivity contribution in [3.8, 4) is 0 Å². The first-order valence-corrected chi connectivity index (χ1v) is 9.65. The molecular formula is C19H40O5. The molecule has 0 radical (unpaired) electrons. The van der Waals surface area contributed by atoms with E-state index in [1.165, 1.54) is 38.5 Å². The third-order valence-electron chi connectivity index (χ3n) is 3.84. The molecule has 0 saturated carbocycles. The van der Waals surface area contributed by atoms with Crippen LogP contribution in [0.5, 0.6) is 0 Å². The molecule has 3 N–H and O–H groups in total. The van der Waals surface area contributed by atoms with Crippen molar-refractivity contribution < 1.29 is 24.9 Å². The van der Waals surface area contributed by atoms with E-state index in [9.17, 15) is 9.90 Å². The highest BCUT2D eigenvalue weighted by molar-refractivity contribution is 5.66. The second-order valence-corrected chi connectivity index (χ2v) is 6.19. The summed E-state index contributed by atoms with van der Waals surface area (Å²) in [5, 5.41) is 26.4. The molecule has 0 aliphatic heterocycles. The zero-order valence-electron chi connectivity index (χ0n) is 16.0. The predicted octanol–water partition coefficient (Wildman–Crippen LogP) is 4.15. The molecule has 0 rings (SSSR count). The number of unbranched alkanes of at least 4 members (excludes halogenated alkanes) is 7. The Balaban J connectivity index is 0. The lowest BCUT2D eigenvalue weighted by molar-refractivity contribution is -0.137. The number of aliphatic hydroxyl groups excluding tert-OH is 2. The topological polar surface area (TPSA) is 87.0 Å². The lowest BCUT2D eigenvalue weighted by Gasteiger charge is -2.20. The Morgan fingerprint density at radius 3 is 1.92 bits per heavy atom. The van der Waals surface area contributed by atoms with Crippen molar-refractivity contribution in [1.82, 2.24) is 0 Å². The van der Waals surface area contributed by atoms with Crippen LogP contribution in [0.25, 0.3) is 0 Å². The Morgan fingerprint density at radius 2 is 1.46 bits per heavy atom. The molecule has 0 spiro atoms. The first kappa shape index (κ1) is 25.6. The molecule has 2 unspecified atom stereocenters. The van der Waals surface area contributed by atoms with E-state index < -0.39 is 12.1 Å². The van der Waals surface area contributed by atoms with Crippen LogP contribution in [0, 0.1) is 0 Å². The summed E-state index contributed by atoms with van der Waals surface area (Å²) in [7, 11) is 0. The van der Waals surface area contributed by atoms with Gasteiger partial charge in [0.15, 0.2) is 0 Å². The van der Waals surface area contributed by atoms with Gasteiger partial charge >= 0.3 is 5.97 Å². The minimum atomic E-state index is -0.730. The van der Waals surface area contributed by atoms with Crippen molar-refractivity contribution in [2.45, 2.75) is 104 Å². The van der Waals surface area contributed by atoms with Gasteiger partial charge in [-0.25, -0.2) is 0 Å². The fraction of sp³-hybridized carbons (Fsp3) is 0.947. The van der Waals surface area contributed by atoms with Crippen LogP contribution in [-0.4, -0.2) is 46.7 Å². The monoisotopic (exact) mass is 348 g/mol. The average molecular weight is 349 g/mol. The highest BCUT2D eigenvalue weighted by atomic mass is 16.5. The minimum absolute atomic E-state index is 0.207. The number of aliphatic carboxylic acids is 1. The molecule has 0 aromatic carbocycles. The molecule has 0 heterocycles. The summed E-state index contributed by atoms with van der Waals surface area (Å²) >= 11 is 0. The molecule has 5 heteroatoms. The zero-order chi connectivity index (χ0) is 18.6. The van der Waals surface area contributed by atoms with E-state index in [1.54, 1.807) is 0 Å². The van der Waals surface area contributed by atoms with Crippen molar-refractivity contribution >= 4 is 5.97 Å². The third kappa shape index (κ3) is 19.4. The summed E-state index contributed by atoms with van der Waals surface area (Å²) in [6.45, 7) is 6.75. The summed E-state index contributed by atoms with van der Waals surface area (Å²) in [5.41, 5.74) is 0. The van der Waals surface area contributed by atoms with Gasteiger partial charge in [-0.1, -0.05) is 65.7 Å². The van der Waals surface area contributed by atoms with Gasteiger partial charge in [0.1, 0.15) is 6.10 Å². The van der Waals surface area contributed by atoms with Gasteiger partial charge in [0.2, 0.25) is 0 Å². The average Bonchev–Trinajstić information content (AvgIpc) is 2.57. The second-order valence-electron chi connectivity index (χ2n) is 6.19. The van der Waals surface area contributed by atoms with E-state index >= 15 is 0 Å². The van der Waals surface area contributed by atoms with Gasteiger partial charge < -0.3 is 20.1 Å². The zero-order valence-corrected chi connectivity index (χ0v) is 16.0. The molecule has 0 amide bonds. The summed E-state index contributed by atoms with van der Waals surface area (Å²) in [4.78, 5) is 10.0. The van der Waals surface area contributed by atoms with Crippen LogP contribution in [0.3, 0.4) is 0 Å². The smallest absolute Gasteiger partial charge is 0.303 e. The highest BCUT2D eigenvalue weighted by Gasteiger charge is 2.16. The van der Waals surface area contributed by atoms with Crippen LogP contribution in [-0.2, 0) is 9.53 Å². The fourth-order valence-electron chi connectivity index (χ4n) is 2.26. The van der Waals surface area contributed by atoms with Crippen LogP contribution in [0.4, 0.5) is 0 Å². The Hall–Kier alpha value is -0.650. The number of hydrogen-bond donors (Lipinski definition) is 3. The molecule has 0 aliphatic carbocycles.